The molecule has 1 aliphatic heterocycles. The van der Waals surface area contributed by atoms with Gasteiger partial charge in [0.05, 0.1) is 6.04 Å². The molecule has 0 radical (unpaired) electrons. The number of aryl methyl sites for hydroxylation is 1. The maximum absolute atomic E-state index is 4.79. The topological polar surface area (TPSA) is 12.4 Å². The first-order valence-electron chi connectivity index (χ1n) is 6.92. The quantitative estimate of drug-likeness (QED) is 0.730. The van der Waals surface area contributed by atoms with E-state index in [1.807, 2.05) is 0 Å². The van der Waals surface area contributed by atoms with Crippen LogP contribution in [0, 0.1) is 12.8 Å². The summed E-state index contributed by atoms with van der Waals surface area (Å²) >= 11 is 0. The smallest absolute Gasteiger partial charge is 0.0568 e. The first-order valence-corrected chi connectivity index (χ1v) is 6.92. The predicted molar refractivity (Wildman–Crippen MR) is 80.1 cm³/mol. The highest BCUT2D eigenvalue weighted by molar-refractivity contribution is 6.00. The van der Waals surface area contributed by atoms with E-state index in [1.54, 1.807) is 0 Å². The van der Waals surface area contributed by atoms with Crippen LogP contribution in [-0.4, -0.2) is 11.8 Å². The van der Waals surface area contributed by atoms with Gasteiger partial charge in [0.1, 0.15) is 0 Å². The van der Waals surface area contributed by atoms with Crippen molar-refractivity contribution >= 4 is 11.3 Å². The average Bonchev–Trinajstić information content (AvgIpc) is 2.38. The Kier molecular flexibility index (Phi) is 4.00. The fraction of sp³-hybridized carbons (Fsp3) is 0.471. The molecular weight excluding hydrogens is 218 g/mol. The minimum absolute atomic E-state index is 0.455. The summed E-state index contributed by atoms with van der Waals surface area (Å²) in [6.07, 6.45) is 4.52. The van der Waals surface area contributed by atoms with Gasteiger partial charge in [0, 0.05) is 5.71 Å². The maximum Gasteiger partial charge on any atom is 0.0568 e. The van der Waals surface area contributed by atoms with Gasteiger partial charge in [-0.15, -0.1) is 0 Å². The Bertz CT molecular complexity index is 465. The van der Waals surface area contributed by atoms with Crippen LogP contribution in [0.5, 0.6) is 0 Å². The minimum atomic E-state index is 0.455. The fourth-order valence-corrected chi connectivity index (χ4v) is 2.45. The Morgan fingerprint density at radius 3 is 2.50 bits per heavy atom. The molecule has 96 valence electrons. The van der Waals surface area contributed by atoms with E-state index in [2.05, 4.69) is 58.0 Å². The Hall–Kier alpha value is -1.37. The van der Waals surface area contributed by atoms with E-state index >= 15 is 0 Å². The average molecular weight is 241 g/mol. The Morgan fingerprint density at radius 1 is 1.22 bits per heavy atom. The van der Waals surface area contributed by atoms with Crippen molar-refractivity contribution in [3.63, 3.8) is 0 Å². The predicted octanol–water partition coefficient (Wildman–Crippen LogP) is 4.66. The van der Waals surface area contributed by atoms with E-state index in [9.17, 15) is 0 Å². The SMILES string of the molecule is CCC(C)C1CC(c2ccc(C)cc2)=CC(C)=N1. The van der Waals surface area contributed by atoms with Gasteiger partial charge in [-0.1, -0.05) is 50.1 Å². The lowest BCUT2D eigenvalue weighted by Gasteiger charge is -2.25. The first kappa shape index (κ1) is 13.1. The Balaban J connectivity index is 2.24. The number of dihydropyridines is 1. The van der Waals surface area contributed by atoms with E-state index in [1.165, 1.54) is 28.8 Å². The summed E-state index contributed by atoms with van der Waals surface area (Å²) in [6.45, 7) is 8.80. The molecule has 0 bridgehead atoms. The van der Waals surface area contributed by atoms with E-state index in [-0.39, 0.29) is 0 Å². The molecule has 2 rings (SSSR count). The summed E-state index contributed by atoms with van der Waals surface area (Å²) in [5.74, 6) is 0.661. The van der Waals surface area contributed by atoms with Crippen molar-refractivity contribution in [3.8, 4) is 0 Å². The van der Waals surface area contributed by atoms with Gasteiger partial charge in [0.2, 0.25) is 0 Å². The van der Waals surface area contributed by atoms with Crippen LogP contribution in [-0.2, 0) is 0 Å². The molecule has 1 heteroatoms. The lowest BCUT2D eigenvalue weighted by atomic mass is 9.87. The third kappa shape index (κ3) is 2.90. The molecule has 0 spiro atoms. The van der Waals surface area contributed by atoms with Crippen molar-refractivity contribution in [2.24, 2.45) is 10.9 Å². The highest BCUT2D eigenvalue weighted by Crippen LogP contribution is 2.29. The van der Waals surface area contributed by atoms with E-state index in [0.717, 1.165) is 6.42 Å². The summed E-state index contributed by atoms with van der Waals surface area (Å²) in [6, 6.07) is 9.29. The van der Waals surface area contributed by atoms with Crippen LogP contribution < -0.4 is 0 Å². The third-order valence-electron chi connectivity index (χ3n) is 3.90. The molecular formula is C17H23N. The zero-order valence-electron chi connectivity index (χ0n) is 11.9. The van der Waals surface area contributed by atoms with Gasteiger partial charge in [-0.3, -0.25) is 4.99 Å². The largest absolute Gasteiger partial charge is 0.286 e. The summed E-state index contributed by atoms with van der Waals surface area (Å²) in [4.78, 5) is 4.79. The van der Waals surface area contributed by atoms with Crippen molar-refractivity contribution < 1.29 is 0 Å². The molecule has 0 amide bonds. The maximum atomic E-state index is 4.79. The molecule has 0 N–H and O–H groups in total. The van der Waals surface area contributed by atoms with E-state index < -0.39 is 0 Å². The first-order chi connectivity index (χ1) is 8.60. The zero-order chi connectivity index (χ0) is 13.1. The molecule has 1 heterocycles. The summed E-state index contributed by atoms with van der Waals surface area (Å²) in [5.41, 5.74) is 5.28. The number of aliphatic imine (C=N–C) groups is 1. The lowest BCUT2D eigenvalue weighted by Crippen LogP contribution is -2.20. The minimum Gasteiger partial charge on any atom is -0.286 e. The van der Waals surface area contributed by atoms with Crippen molar-refractivity contribution in [2.45, 2.75) is 46.6 Å². The highest BCUT2D eigenvalue weighted by atomic mass is 14.8. The molecule has 1 aliphatic rings. The summed E-state index contributed by atoms with van der Waals surface area (Å²) in [5, 5.41) is 0. The van der Waals surface area contributed by atoms with Crippen LogP contribution in [0.15, 0.2) is 35.3 Å². The molecule has 0 aromatic heterocycles. The monoisotopic (exact) mass is 241 g/mol. The second-order valence-corrected chi connectivity index (χ2v) is 5.46. The number of hydrogen-bond donors (Lipinski definition) is 0. The van der Waals surface area contributed by atoms with Crippen molar-refractivity contribution in [2.75, 3.05) is 0 Å². The second kappa shape index (κ2) is 5.51. The molecule has 2 unspecified atom stereocenters. The molecule has 2 atom stereocenters. The van der Waals surface area contributed by atoms with Crippen molar-refractivity contribution in [3.05, 3.63) is 41.5 Å². The van der Waals surface area contributed by atoms with Crippen molar-refractivity contribution in [1.82, 2.24) is 0 Å². The highest BCUT2D eigenvalue weighted by Gasteiger charge is 2.20. The van der Waals surface area contributed by atoms with Crippen LogP contribution >= 0.6 is 0 Å². The number of allylic oxidation sites excluding steroid dienone is 1. The fourth-order valence-electron chi connectivity index (χ4n) is 2.45. The van der Waals surface area contributed by atoms with Crippen LogP contribution in [0.1, 0.15) is 44.7 Å². The lowest BCUT2D eigenvalue weighted by molar-refractivity contribution is 0.449. The van der Waals surface area contributed by atoms with E-state index in [0.29, 0.717) is 12.0 Å². The van der Waals surface area contributed by atoms with Gasteiger partial charge in [-0.2, -0.15) is 0 Å². The second-order valence-electron chi connectivity index (χ2n) is 5.46. The number of benzene rings is 1. The van der Waals surface area contributed by atoms with Gasteiger partial charge in [-0.25, -0.2) is 0 Å². The normalized spacial score (nSPS) is 21.2. The molecule has 1 aromatic carbocycles. The van der Waals surface area contributed by atoms with Crippen LogP contribution in [0.4, 0.5) is 0 Å². The molecule has 0 saturated heterocycles. The molecule has 0 aliphatic carbocycles. The summed E-state index contributed by atoms with van der Waals surface area (Å²) < 4.78 is 0. The van der Waals surface area contributed by atoms with Gasteiger partial charge >= 0.3 is 0 Å². The number of nitrogens with zero attached hydrogens (tertiary/aromatic N) is 1. The Morgan fingerprint density at radius 2 is 1.89 bits per heavy atom. The van der Waals surface area contributed by atoms with Crippen LogP contribution in [0.2, 0.25) is 0 Å². The van der Waals surface area contributed by atoms with Gasteiger partial charge in [0.15, 0.2) is 0 Å². The van der Waals surface area contributed by atoms with Gasteiger partial charge in [-0.05, 0) is 43.4 Å². The zero-order valence-corrected chi connectivity index (χ0v) is 11.9. The Labute approximate surface area is 111 Å². The van der Waals surface area contributed by atoms with Crippen LogP contribution in [0.3, 0.4) is 0 Å². The van der Waals surface area contributed by atoms with Gasteiger partial charge < -0.3 is 0 Å². The molecule has 1 aromatic rings. The summed E-state index contributed by atoms with van der Waals surface area (Å²) in [7, 11) is 0. The number of rotatable bonds is 3. The molecule has 18 heavy (non-hydrogen) atoms. The molecule has 0 fully saturated rings. The number of hydrogen-bond acceptors (Lipinski definition) is 1. The standard InChI is InChI=1S/C17H23N/c1-5-13(3)17-11-16(10-14(4)18-17)15-8-6-12(2)7-9-15/h6-10,13,17H,5,11H2,1-4H3. The van der Waals surface area contributed by atoms with E-state index in [4.69, 9.17) is 4.99 Å². The third-order valence-corrected chi connectivity index (χ3v) is 3.90. The molecule has 1 nitrogen and oxygen atoms in total. The van der Waals surface area contributed by atoms with Gasteiger partial charge in [0.25, 0.3) is 0 Å². The molecule has 0 saturated carbocycles. The van der Waals surface area contributed by atoms with Crippen LogP contribution in [0.25, 0.3) is 5.57 Å². The van der Waals surface area contributed by atoms with Crippen molar-refractivity contribution in [1.29, 1.82) is 0 Å².